The molecule has 0 amide bonds. The van der Waals surface area contributed by atoms with E-state index in [9.17, 15) is 8.42 Å². The van der Waals surface area contributed by atoms with E-state index in [4.69, 9.17) is 0 Å². The molecule has 0 radical (unpaired) electrons. The van der Waals surface area contributed by atoms with Crippen LogP contribution in [0.1, 0.15) is 27.2 Å². The largest absolute Gasteiger partial charge is 0.380 e. The Morgan fingerprint density at radius 2 is 1.95 bits per heavy atom. The van der Waals surface area contributed by atoms with E-state index in [-0.39, 0.29) is 0 Å². The third-order valence-electron chi connectivity index (χ3n) is 2.52. The molecule has 0 fully saturated rings. The summed E-state index contributed by atoms with van der Waals surface area (Å²) in [4.78, 5) is 0.297. The quantitative estimate of drug-likeness (QED) is 0.756. The number of nitrogens with one attached hydrogen (secondary N) is 2. The lowest BCUT2D eigenvalue weighted by Crippen LogP contribution is -2.25. The van der Waals surface area contributed by atoms with Gasteiger partial charge in [0.25, 0.3) is 0 Å². The molecule has 2 N–H and O–H groups in total. The van der Waals surface area contributed by atoms with Crippen LogP contribution in [-0.4, -0.2) is 21.5 Å². The minimum atomic E-state index is -3.44. The summed E-state index contributed by atoms with van der Waals surface area (Å²) in [5, 5.41) is 3.13. The molecule has 0 aromatic heterocycles. The van der Waals surface area contributed by atoms with E-state index in [1.54, 1.807) is 18.2 Å². The van der Waals surface area contributed by atoms with Gasteiger partial charge in [0.1, 0.15) is 4.90 Å². The van der Waals surface area contributed by atoms with E-state index < -0.39 is 10.0 Å². The Morgan fingerprint density at radius 1 is 1.26 bits per heavy atom. The fourth-order valence-corrected chi connectivity index (χ4v) is 2.84. The van der Waals surface area contributed by atoms with Crippen LogP contribution in [0.4, 0.5) is 5.69 Å². The van der Waals surface area contributed by atoms with Gasteiger partial charge in [-0.1, -0.05) is 30.7 Å². The molecule has 0 bridgehead atoms. The molecule has 0 saturated carbocycles. The SMILES string of the molecule is CCCNS(=O)(=O)c1ccccc1NCC=C(C)C. The average Bonchev–Trinajstić information content (AvgIpc) is 2.36. The van der Waals surface area contributed by atoms with Gasteiger partial charge in [-0.05, 0) is 32.4 Å². The van der Waals surface area contributed by atoms with Crippen LogP contribution in [0.5, 0.6) is 0 Å². The maximum absolute atomic E-state index is 12.1. The number of sulfonamides is 1. The average molecular weight is 282 g/mol. The highest BCUT2D eigenvalue weighted by atomic mass is 32.2. The van der Waals surface area contributed by atoms with Crippen LogP contribution in [0.2, 0.25) is 0 Å². The van der Waals surface area contributed by atoms with Crippen molar-refractivity contribution in [3.8, 4) is 0 Å². The van der Waals surface area contributed by atoms with E-state index in [0.29, 0.717) is 23.7 Å². The van der Waals surface area contributed by atoms with Gasteiger partial charge in [0.05, 0.1) is 5.69 Å². The molecular weight excluding hydrogens is 260 g/mol. The standard InChI is InChI=1S/C14H22N2O2S/c1-4-10-16-19(17,18)14-8-6-5-7-13(14)15-11-9-12(2)3/h5-9,15-16H,4,10-11H2,1-3H3. The Balaban J connectivity index is 2.92. The highest BCUT2D eigenvalue weighted by Gasteiger charge is 2.16. The van der Waals surface area contributed by atoms with Gasteiger partial charge >= 0.3 is 0 Å². The highest BCUT2D eigenvalue weighted by Crippen LogP contribution is 2.20. The molecule has 0 atom stereocenters. The summed E-state index contributed by atoms with van der Waals surface area (Å²) in [7, 11) is -3.44. The van der Waals surface area contributed by atoms with Gasteiger partial charge in [-0.25, -0.2) is 13.1 Å². The first kappa shape index (κ1) is 15.7. The normalized spacial score (nSPS) is 11.1. The van der Waals surface area contributed by atoms with Crippen molar-refractivity contribution in [2.75, 3.05) is 18.4 Å². The maximum atomic E-state index is 12.1. The summed E-state index contributed by atoms with van der Waals surface area (Å²) in [6, 6.07) is 6.94. The van der Waals surface area contributed by atoms with Crippen LogP contribution >= 0.6 is 0 Å². The molecular formula is C14H22N2O2S. The van der Waals surface area contributed by atoms with Crippen molar-refractivity contribution in [2.24, 2.45) is 0 Å². The Hall–Kier alpha value is -1.33. The number of benzene rings is 1. The zero-order chi connectivity index (χ0) is 14.3. The Kier molecular flexibility index (Phi) is 6.05. The topological polar surface area (TPSA) is 58.2 Å². The minimum absolute atomic E-state index is 0.297. The lowest BCUT2D eigenvalue weighted by molar-refractivity contribution is 0.581. The van der Waals surface area contributed by atoms with Gasteiger partial charge in [-0.15, -0.1) is 0 Å². The van der Waals surface area contributed by atoms with E-state index in [1.165, 1.54) is 5.57 Å². The molecule has 0 saturated heterocycles. The molecule has 4 nitrogen and oxygen atoms in total. The predicted octanol–water partition coefficient (Wildman–Crippen LogP) is 2.75. The summed E-state index contributed by atoms with van der Waals surface area (Å²) >= 11 is 0. The number of hydrogen-bond donors (Lipinski definition) is 2. The van der Waals surface area contributed by atoms with Crippen molar-refractivity contribution >= 4 is 15.7 Å². The number of para-hydroxylation sites is 1. The first-order chi connectivity index (χ1) is 8.97. The minimum Gasteiger partial charge on any atom is -0.380 e. The predicted molar refractivity (Wildman–Crippen MR) is 79.8 cm³/mol. The van der Waals surface area contributed by atoms with E-state index in [0.717, 1.165) is 6.42 Å². The van der Waals surface area contributed by atoms with Crippen LogP contribution in [0.3, 0.4) is 0 Å². The number of allylic oxidation sites excluding steroid dienone is 1. The van der Waals surface area contributed by atoms with Crippen molar-refractivity contribution in [1.29, 1.82) is 0 Å². The Bertz CT molecular complexity index is 532. The second-order valence-electron chi connectivity index (χ2n) is 4.56. The van der Waals surface area contributed by atoms with Gasteiger partial charge in [-0.2, -0.15) is 0 Å². The fraction of sp³-hybridized carbons (Fsp3) is 0.429. The smallest absolute Gasteiger partial charge is 0.242 e. The molecule has 0 heterocycles. The fourth-order valence-electron chi connectivity index (χ4n) is 1.53. The molecule has 1 rings (SSSR count). The second kappa shape index (κ2) is 7.31. The monoisotopic (exact) mass is 282 g/mol. The second-order valence-corrected chi connectivity index (χ2v) is 6.29. The Morgan fingerprint density at radius 3 is 2.58 bits per heavy atom. The summed E-state index contributed by atoms with van der Waals surface area (Å²) in [5.41, 5.74) is 1.82. The third kappa shape index (κ3) is 5.04. The van der Waals surface area contributed by atoms with E-state index >= 15 is 0 Å². The first-order valence-electron chi connectivity index (χ1n) is 6.43. The van der Waals surface area contributed by atoms with Gasteiger partial charge in [-0.3, -0.25) is 0 Å². The Labute approximate surface area is 116 Å². The van der Waals surface area contributed by atoms with E-state index in [2.05, 4.69) is 10.0 Å². The van der Waals surface area contributed by atoms with Crippen LogP contribution in [0.25, 0.3) is 0 Å². The van der Waals surface area contributed by atoms with Gasteiger partial charge in [0.2, 0.25) is 10.0 Å². The summed E-state index contributed by atoms with van der Waals surface area (Å²) < 4.78 is 26.9. The summed E-state index contributed by atoms with van der Waals surface area (Å²) in [5.74, 6) is 0. The number of rotatable bonds is 7. The van der Waals surface area contributed by atoms with Crippen molar-refractivity contribution in [3.05, 3.63) is 35.9 Å². The van der Waals surface area contributed by atoms with Crippen LogP contribution < -0.4 is 10.0 Å². The number of anilines is 1. The third-order valence-corrected chi connectivity index (χ3v) is 4.04. The molecule has 19 heavy (non-hydrogen) atoms. The van der Waals surface area contributed by atoms with Gasteiger partial charge < -0.3 is 5.32 Å². The lowest BCUT2D eigenvalue weighted by atomic mass is 10.3. The van der Waals surface area contributed by atoms with E-state index in [1.807, 2.05) is 32.9 Å². The highest BCUT2D eigenvalue weighted by molar-refractivity contribution is 7.89. The van der Waals surface area contributed by atoms with Crippen molar-refractivity contribution < 1.29 is 8.42 Å². The van der Waals surface area contributed by atoms with Crippen LogP contribution in [-0.2, 0) is 10.0 Å². The molecule has 0 unspecified atom stereocenters. The van der Waals surface area contributed by atoms with Crippen LogP contribution in [0, 0.1) is 0 Å². The molecule has 106 valence electrons. The van der Waals surface area contributed by atoms with Crippen molar-refractivity contribution in [1.82, 2.24) is 4.72 Å². The summed E-state index contributed by atoms with van der Waals surface area (Å²) in [6.07, 6.45) is 2.79. The molecule has 0 aliphatic heterocycles. The maximum Gasteiger partial charge on any atom is 0.242 e. The zero-order valence-corrected chi connectivity index (χ0v) is 12.5. The van der Waals surface area contributed by atoms with Gasteiger partial charge in [0, 0.05) is 13.1 Å². The summed E-state index contributed by atoms with van der Waals surface area (Å²) in [6.45, 7) is 7.01. The van der Waals surface area contributed by atoms with Crippen LogP contribution in [0.15, 0.2) is 40.8 Å². The lowest BCUT2D eigenvalue weighted by Gasteiger charge is -2.12. The molecule has 1 aromatic carbocycles. The molecule has 0 aliphatic carbocycles. The number of hydrogen-bond acceptors (Lipinski definition) is 3. The van der Waals surface area contributed by atoms with Crippen molar-refractivity contribution in [3.63, 3.8) is 0 Å². The first-order valence-corrected chi connectivity index (χ1v) is 7.91. The van der Waals surface area contributed by atoms with Gasteiger partial charge in [0.15, 0.2) is 0 Å². The molecule has 0 aliphatic rings. The molecule has 0 spiro atoms. The molecule has 1 aromatic rings. The molecule has 5 heteroatoms. The van der Waals surface area contributed by atoms with Crippen molar-refractivity contribution in [2.45, 2.75) is 32.1 Å². The zero-order valence-electron chi connectivity index (χ0n) is 11.7.